The molecule has 10 heavy (non-hydrogen) atoms. The molecule has 0 aliphatic heterocycles. The predicted molar refractivity (Wildman–Crippen MR) is 43.9 cm³/mol. The number of H-pyrrole nitrogens is 1. The summed E-state index contributed by atoms with van der Waals surface area (Å²) < 4.78 is 0. The van der Waals surface area contributed by atoms with Crippen LogP contribution in [0.25, 0.3) is 0 Å². The van der Waals surface area contributed by atoms with Gasteiger partial charge in [-0.3, -0.25) is 0 Å². The van der Waals surface area contributed by atoms with Gasteiger partial charge >= 0.3 is 0 Å². The SMILES string of the molecule is C=CCSc1c[nH]c(N)n1. The Hall–Kier alpha value is -0.900. The summed E-state index contributed by atoms with van der Waals surface area (Å²) in [6.45, 7) is 3.59. The Morgan fingerprint density at radius 3 is 3.20 bits per heavy atom. The van der Waals surface area contributed by atoms with Gasteiger partial charge in [-0.15, -0.1) is 18.3 Å². The van der Waals surface area contributed by atoms with Crippen LogP contribution in [0.3, 0.4) is 0 Å². The van der Waals surface area contributed by atoms with Gasteiger partial charge in [0.05, 0.1) is 0 Å². The normalized spacial score (nSPS) is 9.60. The van der Waals surface area contributed by atoms with Crippen LogP contribution in [0, 0.1) is 0 Å². The molecule has 0 aliphatic carbocycles. The van der Waals surface area contributed by atoms with Crippen LogP contribution in [0.5, 0.6) is 0 Å². The van der Waals surface area contributed by atoms with Crippen molar-refractivity contribution in [3.05, 3.63) is 18.9 Å². The number of imidazole rings is 1. The number of rotatable bonds is 3. The van der Waals surface area contributed by atoms with Crippen LogP contribution < -0.4 is 5.73 Å². The van der Waals surface area contributed by atoms with Crippen molar-refractivity contribution in [1.82, 2.24) is 9.97 Å². The highest BCUT2D eigenvalue weighted by Gasteiger charge is 1.94. The molecule has 1 rings (SSSR count). The number of thioether (sulfide) groups is 1. The van der Waals surface area contributed by atoms with Crippen molar-refractivity contribution in [3.8, 4) is 0 Å². The van der Waals surface area contributed by atoms with E-state index >= 15 is 0 Å². The summed E-state index contributed by atoms with van der Waals surface area (Å²) in [4.78, 5) is 6.77. The molecule has 0 amide bonds. The van der Waals surface area contributed by atoms with Gasteiger partial charge in [0.25, 0.3) is 0 Å². The molecule has 0 fully saturated rings. The minimum absolute atomic E-state index is 0.464. The van der Waals surface area contributed by atoms with E-state index in [0.717, 1.165) is 10.8 Å². The maximum Gasteiger partial charge on any atom is 0.198 e. The lowest BCUT2D eigenvalue weighted by Crippen LogP contribution is -1.84. The van der Waals surface area contributed by atoms with Crippen molar-refractivity contribution in [2.24, 2.45) is 0 Å². The van der Waals surface area contributed by atoms with Crippen molar-refractivity contribution >= 4 is 17.7 Å². The molecule has 0 atom stereocenters. The van der Waals surface area contributed by atoms with Crippen LogP contribution in [0.1, 0.15) is 0 Å². The summed E-state index contributed by atoms with van der Waals surface area (Å²) in [7, 11) is 0. The number of hydrogen-bond acceptors (Lipinski definition) is 3. The molecule has 0 saturated carbocycles. The lowest BCUT2D eigenvalue weighted by molar-refractivity contribution is 1.21. The zero-order chi connectivity index (χ0) is 7.40. The second kappa shape index (κ2) is 3.31. The Kier molecular flexibility index (Phi) is 2.39. The Morgan fingerprint density at radius 1 is 1.90 bits per heavy atom. The van der Waals surface area contributed by atoms with Crippen molar-refractivity contribution < 1.29 is 0 Å². The second-order valence-corrected chi connectivity index (χ2v) is 2.76. The maximum absolute atomic E-state index is 5.34. The van der Waals surface area contributed by atoms with Gasteiger partial charge in [0.15, 0.2) is 5.95 Å². The standard InChI is InChI=1S/C6H9N3S/c1-2-3-10-5-4-8-6(7)9-5/h2,4H,1,3H2,(H3,7,8,9). The Morgan fingerprint density at radius 2 is 2.70 bits per heavy atom. The van der Waals surface area contributed by atoms with E-state index in [1.54, 1.807) is 18.0 Å². The first-order chi connectivity index (χ1) is 4.83. The number of aromatic nitrogens is 2. The number of nitrogens with zero attached hydrogens (tertiary/aromatic N) is 1. The van der Waals surface area contributed by atoms with Crippen LogP contribution in [-0.2, 0) is 0 Å². The number of aromatic amines is 1. The largest absolute Gasteiger partial charge is 0.369 e. The first-order valence-corrected chi connectivity index (χ1v) is 3.86. The van der Waals surface area contributed by atoms with Gasteiger partial charge in [0.1, 0.15) is 5.03 Å². The molecular weight excluding hydrogens is 146 g/mol. The Balaban J connectivity index is 2.49. The number of nitrogens with one attached hydrogen (secondary N) is 1. The van der Waals surface area contributed by atoms with Gasteiger partial charge in [0, 0.05) is 11.9 Å². The van der Waals surface area contributed by atoms with Crippen LogP contribution >= 0.6 is 11.8 Å². The van der Waals surface area contributed by atoms with E-state index in [-0.39, 0.29) is 0 Å². The fourth-order valence-corrected chi connectivity index (χ4v) is 1.13. The highest BCUT2D eigenvalue weighted by Crippen LogP contribution is 2.14. The lowest BCUT2D eigenvalue weighted by atomic mass is 10.8. The van der Waals surface area contributed by atoms with Gasteiger partial charge in [-0.05, 0) is 0 Å². The third kappa shape index (κ3) is 1.80. The summed E-state index contributed by atoms with van der Waals surface area (Å²) in [5, 5.41) is 0.914. The number of anilines is 1. The summed E-state index contributed by atoms with van der Waals surface area (Å²) in [5.74, 6) is 1.33. The minimum atomic E-state index is 0.464. The van der Waals surface area contributed by atoms with Crippen molar-refractivity contribution in [3.63, 3.8) is 0 Å². The molecule has 1 aromatic rings. The molecule has 3 N–H and O–H groups in total. The van der Waals surface area contributed by atoms with Gasteiger partial charge in [-0.25, -0.2) is 4.98 Å². The average molecular weight is 155 g/mol. The third-order valence-corrected chi connectivity index (χ3v) is 1.83. The molecule has 0 aromatic carbocycles. The molecule has 0 unspecified atom stereocenters. The first-order valence-electron chi connectivity index (χ1n) is 2.87. The number of nitrogens with two attached hydrogens (primary N) is 1. The van der Waals surface area contributed by atoms with Gasteiger partial charge in [-0.1, -0.05) is 6.08 Å². The maximum atomic E-state index is 5.34. The third-order valence-electron chi connectivity index (χ3n) is 0.923. The first kappa shape index (κ1) is 7.21. The van der Waals surface area contributed by atoms with Crippen molar-refractivity contribution in [2.75, 3.05) is 11.5 Å². The molecule has 0 aliphatic rings. The quantitative estimate of drug-likeness (QED) is 0.510. The fourth-order valence-electron chi connectivity index (χ4n) is 0.537. The van der Waals surface area contributed by atoms with E-state index in [9.17, 15) is 0 Å². The van der Waals surface area contributed by atoms with E-state index in [4.69, 9.17) is 5.73 Å². The molecule has 0 saturated heterocycles. The van der Waals surface area contributed by atoms with Crippen LogP contribution in [0.4, 0.5) is 5.95 Å². The number of nitrogen functional groups attached to an aromatic ring is 1. The lowest BCUT2D eigenvalue weighted by Gasteiger charge is -1.86. The highest BCUT2D eigenvalue weighted by atomic mass is 32.2. The molecule has 54 valence electrons. The van der Waals surface area contributed by atoms with Crippen LogP contribution in [0.2, 0.25) is 0 Å². The van der Waals surface area contributed by atoms with Crippen molar-refractivity contribution in [1.29, 1.82) is 0 Å². The smallest absolute Gasteiger partial charge is 0.198 e. The molecule has 1 aromatic heterocycles. The van der Waals surface area contributed by atoms with Gasteiger partial charge in [0.2, 0.25) is 0 Å². The van der Waals surface area contributed by atoms with Crippen LogP contribution in [-0.4, -0.2) is 15.7 Å². The monoisotopic (exact) mass is 155 g/mol. The Labute approximate surface area is 63.7 Å². The van der Waals surface area contributed by atoms with E-state index in [2.05, 4.69) is 16.5 Å². The fraction of sp³-hybridized carbons (Fsp3) is 0.167. The zero-order valence-electron chi connectivity index (χ0n) is 5.50. The van der Waals surface area contributed by atoms with E-state index in [1.165, 1.54) is 0 Å². The molecule has 1 heterocycles. The summed E-state index contributed by atoms with van der Waals surface area (Å²) in [6, 6.07) is 0. The van der Waals surface area contributed by atoms with Gasteiger partial charge < -0.3 is 10.7 Å². The van der Waals surface area contributed by atoms with E-state index < -0.39 is 0 Å². The predicted octanol–water partition coefficient (Wildman–Crippen LogP) is 1.27. The molecule has 4 heteroatoms. The molecule has 3 nitrogen and oxygen atoms in total. The summed E-state index contributed by atoms with van der Waals surface area (Å²) >= 11 is 1.60. The zero-order valence-corrected chi connectivity index (χ0v) is 6.32. The average Bonchev–Trinajstić information content (AvgIpc) is 2.31. The number of hydrogen-bond donors (Lipinski definition) is 2. The molecular formula is C6H9N3S. The highest BCUT2D eigenvalue weighted by molar-refractivity contribution is 7.99. The molecule has 0 spiro atoms. The van der Waals surface area contributed by atoms with Crippen LogP contribution in [0.15, 0.2) is 23.9 Å². The van der Waals surface area contributed by atoms with Crippen molar-refractivity contribution in [2.45, 2.75) is 5.03 Å². The van der Waals surface area contributed by atoms with E-state index in [0.29, 0.717) is 5.95 Å². The topological polar surface area (TPSA) is 54.7 Å². The summed E-state index contributed by atoms with van der Waals surface area (Å²) in [5.41, 5.74) is 5.34. The van der Waals surface area contributed by atoms with E-state index in [1.807, 2.05) is 6.08 Å². The van der Waals surface area contributed by atoms with Gasteiger partial charge in [-0.2, -0.15) is 0 Å². The Bertz CT molecular complexity index is 219. The minimum Gasteiger partial charge on any atom is -0.369 e. The molecule has 0 radical (unpaired) electrons. The second-order valence-electron chi connectivity index (χ2n) is 1.72. The molecule has 0 bridgehead atoms. The summed E-state index contributed by atoms with van der Waals surface area (Å²) in [6.07, 6.45) is 3.61.